The highest BCUT2D eigenvalue weighted by atomic mass is 19.4. The highest BCUT2D eigenvalue weighted by Crippen LogP contribution is 2.27. The van der Waals surface area contributed by atoms with Crippen molar-refractivity contribution in [1.82, 2.24) is 4.90 Å². The Balaban J connectivity index is 4.72. The minimum absolute atomic E-state index is 0.0202. The maximum Gasteiger partial charge on any atom is 0.404 e. The van der Waals surface area contributed by atoms with Gasteiger partial charge in [-0.25, -0.2) is 0 Å². The zero-order valence-corrected chi connectivity index (χ0v) is 10.0. The molecule has 0 saturated heterocycles. The number of hydrogen-bond acceptors (Lipinski definition) is 3. The van der Waals surface area contributed by atoms with Crippen molar-refractivity contribution in [3.63, 3.8) is 0 Å². The third kappa shape index (κ3) is 5.67. The molecule has 6 heteroatoms. The number of aliphatic hydroxyl groups is 1. The molecule has 0 aliphatic heterocycles. The molecule has 0 heterocycles. The average Bonchev–Trinajstić information content (AvgIpc) is 2.07. The van der Waals surface area contributed by atoms with Gasteiger partial charge in [0.15, 0.2) is 0 Å². The van der Waals surface area contributed by atoms with Crippen LogP contribution in [0.5, 0.6) is 0 Å². The van der Waals surface area contributed by atoms with Crippen LogP contribution in [-0.2, 0) is 0 Å². The van der Waals surface area contributed by atoms with Gasteiger partial charge in [-0.05, 0) is 33.4 Å². The predicted octanol–water partition coefficient (Wildman–Crippen LogP) is 1.36. The largest absolute Gasteiger partial charge is 0.404 e. The Bertz CT molecular complexity index is 201. The Morgan fingerprint density at radius 2 is 1.81 bits per heavy atom. The number of halogens is 3. The normalized spacial score (nSPS) is 15.6. The molecule has 0 saturated carbocycles. The van der Waals surface area contributed by atoms with Gasteiger partial charge in [-0.15, -0.1) is 0 Å². The summed E-state index contributed by atoms with van der Waals surface area (Å²) in [6, 6.07) is -1.58. The Labute approximate surface area is 94.4 Å². The monoisotopic (exact) mass is 242 g/mol. The second-order valence-corrected chi connectivity index (χ2v) is 4.51. The second kappa shape index (κ2) is 5.84. The van der Waals surface area contributed by atoms with E-state index in [1.54, 1.807) is 6.92 Å². The fraction of sp³-hybridized carbons (Fsp3) is 1.00. The van der Waals surface area contributed by atoms with Crippen molar-refractivity contribution < 1.29 is 18.3 Å². The summed E-state index contributed by atoms with van der Waals surface area (Å²) in [7, 11) is 0. The van der Waals surface area contributed by atoms with Gasteiger partial charge in [0.2, 0.25) is 0 Å². The standard InChI is InChI=1S/C10H21F3N2O/c1-4-15(7-9(2,3)16)8(5-6-14)10(11,12)13/h8,16H,4-7,14H2,1-3H3. The summed E-state index contributed by atoms with van der Waals surface area (Å²) in [4.78, 5) is 1.22. The Hall–Kier alpha value is -0.330. The zero-order valence-electron chi connectivity index (χ0n) is 10.0. The molecule has 0 aromatic carbocycles. The summed E-state index contributed by atoms with van der Waals surface area (Å²) < 4.78 is 38.2. The summed E-state index contributed by atoms with van der Waals surface area (Å²) in [5.41, 5.74) is 4.05. The Morgan fingerprint density at radius 1 is 1.31 bits per heavy atom. The van der Waals surface area contributed by atoms with E-state index in [-0.39, 0.29) is 26.1 Å². The average molecular weight is 242 g/mol. The molecule has 1 unspecified atom stereocenters. The van der Waals surface area contributed by atoms with Crippen LogP contribution in [0.4, 0.5) is 13.2 Å². The minimum Gasteiger partial charge on any atom is -0.389 e. The Kier molecular flexibility index (Phi) is 5.72. The van der Waals surface area contributed by atoms with E-state index in [9.17, 15) is 18.3 Å². The van der Waals surface area contributed by atoms with Crippen LogP contribution in [-0.4, -0.2) is 47.5 Å². The minimum atomic E-state index is -4.30. The van der Waals surface area contributed by atoms with Gasteiger partial charge >= 0.3 is 6.18 Å². The first kappa shape index (κ1) is 15.7. The zero-order chi connectivity index (χ0) is 13.0. The summed E-state index contributed by atoms with van der Waals surface area (Å²) >= 11 is 0. The fourth-order valence-corrected chi connectivity index (χ4v) is 1.65. The number of rotatable bonds is 6. The van der Waals surface area contributed by atoms with Crippen LogP contribution >= 0.6 is 0 Å². The van der Waals surface area contributed by atoms with E-state index < -0.39 is 17.8 Å². The summed E-state index contributed by atoms with van der Waals surface area (Å²) in [6.45, 7) is 4.81. The van der Waals surface area contributed by atoms with Gasteiger partial charge in [-0.3, -0.25) is 4.90 Å². The molecule has 1 atom stereocenters. The van der Waals surface area contributed by atoms with Crippen LogP contribution in [0.1, 0.15) is 27.2 Å². The van der Waals surface area contributed by atoms with Gasteiger partial charge in [0.05, 0.1) is 5.60 Å². The molecular formula is C10H21F3N2O. The SMILES string of the molecule is CCN(CC(C)(C)O)C(CCN)C(F)(F)F. The van der Waals surface area contributed by atoms with E-state index in [1.165, 1.54) is 18.7 Å². The van der Waals surface area contributed by atoms with Crippen LogP contribution in [0.25, 0.3) is 0 Å². The van der Waals surface area contributed by atoms with Crippen molar-refractivity contribution in [1.29, 1.82) is 0 Å². The van der Waals surface area contributed by atoms with Crippen molar-refractivity contribution in [3.05, 3.63) is 0 Å². The third-order valence-electron chi connectivity index (χ3n) is 2.25. The smallest absolute Gasteiger partial charge is 0.389 e. The number of nitrogens with two attached hydrogens (primary N) is 1. The molecule has 0 radical (unpaired) electrons. The lowest BCUT2D eigenvalue weighted by atomic mass is 10.1. The molecule has 0 aliphatic rings. The maximum atomic E-state index is 12.7. The van der Waals surface area contributed by atoms with Crippen molar-refractivity contribution in [2.75, 3.05) is 19.6 Å². The quantitative estimate of drug-likeness (QED) is 0.739. The van der Waals surface area contributed by atoms with Gasteiger partial charge in [0.1, 0.15) is 6.04 Å². The van der Waals surface area contributed by atoms with Crippen LogP contribution in [0.15, 0.2) is 0 Å². The number of alkyl halides is 3. The highest BCUT2D eigenvalue weighted by Gasteiger charge is 2.43. The first-order chi connectivity index (χ1) is 7.11. The number of likely N-dealkylation sites (N-methyl/N-ethyl adjacent to an activating group) is 1. The molecular weight excluding hydrogens is 221 g/mol. The van der Waals surface area contributed by atoms with Crippen molar-refractivity contribution in [2.45, 2.75) is 45.0 Å². The van der Waals surface area contributed by atoms with E-state index in [4.69, 9.17) is 5.73 Å². The van der Waals surface area contributed by atoms with E-state index in [1.807, 2.05) is 0 Å². The van der Waals surface area contributed by atoms with Crippen molar-refractivity contribution in [3.8, 4) is 0 Å². The van der Waals surface area contributed by atoms with Crippen molar-refractivity contribution >= 4 is 0 Å². The molecule has 0 aromatic rings. The lowest BCUT2D eigenvalue weighted by molar-refractivity contribution is -0.189. The predicted molar refractivity (Wildman–Crippen MR) is 57.1 cm³/mol. The highest BCUT2D eigenvalue weighted by molar-refractivity contribution is 4.82. The summed E-state index contributed by atoms with van der Waals surface area (Å²) in [5, 5.41) is 9.56. The van der Waals surface area contributed by atoms with Gasteiger partial charge in [0.25, 0.3) is 0 Å². The molecule has 98 valence electrons. The molecule has 0 aliphatic carbocycles. The molecule has 3 N–H and O–H groups in total. The van der Waals surface area contributed by atoms with Crippen molar-refractivity contribution in [2.24, 2.45) is 5.73 Å². The molecule has 0 aromatic heterocycles. The molecule has 0 bridgehead atoms. The number of hydrogen-bond donors (Lipinski definition) is 2. The second-order valence-electron chi connectivity index (χ2n) is 4.51. The topological polar surface area (TPSA) is 49.5 Å². The lowest BCUT2D eigenvalue weighted by Gasteiger charge is -2.35. The number of nitrogens with zero attached hydrogens (tertiary/aromatic N) is 1. The van der Waals surface area contributed by atoms with Crippen LogP contribution in [0.2, 0.25) is 0 Å². The van der Waals surface area contributed by atoms with Crippen LogP contribution in [0.3, 0.4) is 0 Å². The summed E-state index contributed by atoms with van der Waals surface area (Å²) in [5.74, 6) is 0. The van der Waals surface area contributed by atoms with E-state index in [2.05, 4.69) is 0 Å². The fourth-order valence-electron chi connectivity index (χ4n) is 1.65. The van der Waals surface area contributed by atoms with Gasteiger partial charge < -0.3 is 10.8 Å². The maximum absolute atomic E-state index is 12.7. The van der Waals surface area contributed by atoms with Crippen LogP contribution < -0.4 is 5.73 Å². The lowest BCUT2D eigenvalue weighted by Crippen LogP contribution is -2.51. The Morgan fingerprint density at radius 3 is 2.06 bits per heavy atom. The third-order valence-corrected chi connectivity index (χ3v) is 2.25. The first-order valence-electron chi connectivity index (χ1n) is 5.35. The van der Waals surface area contributed by atoms with Gasteiger partial charge in [0, 0.05) is 6.54 Å². The summed E-state index contributed by atoms with van der Waals surface area (Å²) in [6.07, 6.45) is -4.45. The van der Waals surface area contributed by atoms with E-state index in [0.717, 1.165) is 0 Å². The van der Waals surface area contributed by atoms with Gasteiger partial charge in [-0.1, -0.05) is 6.92 Å². The van der Waals surface area contributed by atoms with Gasteiger partial charge in [-0.2, -0.15) is 13.2 Å². The van der Waals surface area contributed by atoms with E-state index >= 15 is 0 Å². The van der Waals surface area contributed by atoms with E-state index in [0.29, 0.717) is 0 Å². The molecule has 3 nitrogen and oxygen atoms in total. The molecule has 0 rings (SSSR count). The molecule has 16 heavy (non-hydrogen) atoms. The van der Waals surface area contributed by atoms with Crippen LogP contribution in [0, 0.1) is 0 Å². The molecule has 0 fully saturated rings. The molecule has 0 spiro atoms. The molecule has 0 amide bonds. The first-order valence-corrected chi connectivity index (χ1v) is 5.35.